The molecule has 6 aliphatic rings. The maximum absolute atomic E-state index is 12.5. The molecule has 0 amide bonds. The lowest BCUT2D eigenvalue weighted by Crippen LogP contribution is -2.61. The Hall–Kier alpha value is -1.39. The summed E-state index contributed by atoms with van der Waals surface area (Å²) in [5, 5.41) is 95.6. The molecule has 0 aromatic rings. The third-order valence-electron chi connectivity index (χ3n) is 11.9. The number of carbonyl (C=O) groups is 1. The van der Waals surface area contributed by atoms with Crippen molar-refractivity contribution in [3.05, 3.63) is 12.2 Å². The predicted molar refractivity (Wildman–Crippen MR) is 174 cm³/mol. The van der Waals surface area contributed by atoms with E-state index in [1.165, 1.54) is 13.2 Å². The first-order valence-corrected chi connectivity index (χ1v) is 18.5. The highest BCUT2D eigenvalue weighted by atomic mass is 16.8. The highest BCUT2D eigenvalue weighted by molar-refractivity contribution is 5.82. The summed E-state index contributed by atoms with van der Waals surface area (Å²) in [5.41, 5.74) is -2.08. The molecule has 0 radical (unpaired) electrons. The zero-order valence-electron chi connectivity index (χ0n) is 29.3. The molecule has 17 heteroatoms. The Balaban J connectivity index is 1.09. The molecule has 6 rings (SSSR count). The second-order valence-corrected chi connectivity index (χ2v) is 15.6. The summed E-state index contributed by atoms with van der Waals surface area (Å²) in [6.45, 7) is -1.46. The van der Waals surface area contributed by atoms with E-state index in [4.69, 9.17) is 33.2 Å². The molecule has 19 unspecified atom stereocenters. The van der Waals surface area contributed by atoms with Gasteiger partial charge in [-0.3, -0.25) is 0 Å². The van der Waals surface area contributed by atoms with Gasteiger partial charge < -0.3 is 79.1 Å². The quantitative estimate of drug-likeness (QED) is 0.0817. The monoisotopic (exact) mass is 748 g/mol. The summed E-state index contributed by atoms with van der Waals surface area (Å²) >= 11 is 0. The zero-order valence-corrected chi connectivity index (χ0v) is 29.3. The van der Waals surface area contributed by atoms with E-state index in [0.717, 1.165) is 0 Å². The van der Waals surface area contributed by atoms with Crippen LogP contribution in [0.4, 0.5) is 0 Å². The van der Waals surface area contributed by atoms with Crippen molar-refractivity contribution in [2.45, 2.75) is 155 Å². The summed E-state index contributed by atoms with van der Waals surface area (Å²) in [5.74, 6) is -1.43. The fourth-order valence-electron chi connectivity index (χ4n) is 8.69. The van der Waals surface area contributed by atoms with Crippen LogP contribution in [0.2, 0.25) is 0 Å². The highest BCUT2D eigenvalue weighted by Gasteiger charge is 2.55. The zero-order chi connectivity index (χ0) is 37.3. The van der Waals surface area contributed by atoms with Crippen molar-refractivity contribution in [3.63, 3.8) is 0 Å². The summed E-state index contributed by atoms with van der Waals surface area (Å²) in [6.07, 6.45) is -8.95. The van der Waals surface area contributed by atoms with E-state index in [-0.39, 0.29) is 43.8 Å². The molecule has 3 saturated carbocycles. The number of hydrogen-bond donors (Lipinski definition) is 9. The van der Waals surface area contributed by atoms with Crippen LogP contribution < -0.4 is 0 Å². The van der Waals surface area contributed by atoms with Gasteiger partial charge in [-0.25, -0.2) is 4.79 Å². The molecule has 9 N–H and O–H groups in total. The number of fused-ring (bicyclic) bond motifs is 1. The lowest BCUT2D eigenvalue weighted by Gasteiger charge is -2.51. The van der Waals surface area contributed by atoms with Gasteiger partial charge in [0.1, 0.15) is 31.0 Å². The summed E-state index contributed by atoms with van der Waals surface area (Å²) in [6, 6.07) is 0. The topological polar surface area (TPSA) is 264 Å². The summed E-state index contributed by atoms with van der Waals surface area (Å²) in [4.78, 5) is 12.5. The van der Waals surface area contributed by atoms with Crippen LogP contribution in [0.1, 0.15) is 57.8 Å². The van der Waals surface area contributed by atoms with Crippen molar-refractivity contribution in [1.29, 1.82) is 0 Å². The van der Waals surface area contributed by atoms with E-state index in [0.29, 0.717) is 38.5 Å². The SMILES string of the molecule is COC1CC(C=CC(=O)OCC2(O)COC(OC3C(OC4CC5C(O)CC(O)CC5OC4C4CCC(O)C(O)C4)OCC(O)C3O)C2O)CCC1O. The molecule has 0 spiro atoms. The minimum Gasteiger partial charge on any atom is -0.459 e. The molecule has 3 heterocycles. The molecule has 17 nitrogen and oxygen atoms in total. The van der Waals surface area contributed by atoms with Gasteiger partial charge in [0, 0.05) is 19.1 Å². The Morgan fingerprint density at radius 3 is 2.31 bits per heavy atom. The van der Waals surface area contributed by atoms with Crippen LogP contribution in [0.15, 0.2) is 12.2 Å². The van der Waals surface area contributed by atoms with Crippen molar-refractivity contribution in [3.8, 4) is 0 Å². The van der Waals surface area contributed by atoms with Crippen LogP contribution in [-0.4, -0.2) is 176 Å². The van der Waals surface area contributed by atoms with Gasteiger partial charge in [0.15, 0.2) is 18.2 Å². The fourth-order valence-corrected chi connectivity index (χ4v) is 8.69. The molecule has 0 bridgehead atoms. The lowest BCUT2D eigenvalue weighted by molar-refractivity contribution is -0.340. The first-order valence-electron chi connectivity index (χ1n) is 18.5. The van der Waals surface area contributed by atoms with E-state index >= 15 is 0 Å². The largest absolute Gasteiger partial charge is 0.459 e. The normalized spacial score (nSPS) is 50.2. The first kappa shape index (κ1) is 40.3. The number of rotatable bonds is 10. The van der Waals surface area contributed by atoms with Gasteiger partial charge in [-0.1, -0.05) is 6.08 Å². The Morgan fingerprint density at radius 1 is 0.788 bits per heavy atom. The predicted octanol–water partition coefficient (Wildman–Crippen LogP) is -2.63. The van der Waals surface area contributed by atoms with Crippen molar-refractivity contribution in [2.24, 2.45) is 17.8 Å². The van der Waals surface area contributed by atoms with Crippen LogP contribution in [0.5, 0.6) is 0 Å². The molecule has 6 fully saturated rings. The number of esters is 1. The van der Waals surface area contributed by atoms with Crippen molar-refractivity contribution in [2.75, 3.05) is 26.9 Å². The van der Waals surface area contributed by atoms with Gasteiger partial charge in [-0.05, 0) is 69.6 Å². The van der Waals surface area contributed by atoms with Crippen molar-refractivity contribution in [1.82, 2.24) is 0 Å². The Labute approximate surface area is 302 Å². The summed E-state index contributed by atoms with van der Waals surface area (Å²) in [7, 11) is 1.52. The second kappa shape index (κ2) is 17.2. The number of ether oxygens (including phenoxy) is 7. The average molecular weight is 749 g/mol. The third kappa shape index (κ3) is 9.01. The van der Waals surface area contributed by atoms with Crippen LogP contribution in [0.25, 0.3) is 0 Å². The third-order valence-corrected chi connectivity index (χ3v) is 11.9. The highest BCUT2D eigenvalue weighted by Crippen LogP contribution is 2.43. The van der Waals surface area contributed by atoms with Gasteiger partial charge in [-0.15, -0.1) is 0 Å². The molecule has 52 heavy (non-hydrogen) atoms. The average Bonchev–Trinajstić information content (AvgIpc) is 3.40. The molecule has 0 aromatic carbocycles. The van der Waals surface area contributed by atoms with Gasteiger partial charge in [0.25, 0.3) is 0 Å². The molecule has 0 aromatic heterocycles. The Morgan fingerprint density at radius 2 is 1.56 bits per heavy atom. The van der Waals surface area contributed by atoms with E-state index < -0.39 is 117 Å². The number of aliphatic hydroxyl groups is 9. The molecule has 298 valence electrons. The smallest absolute Gasteiger partial charge is 0.330 e. The van der Waals surface area contributed by atoms with E-state index in [9.17, 15) is 50.8 Å². The van der Waals surface area contributed by atoms with Gasteiger partial charge >= 0.3 is 5.97 Å². The van der Waals surface area contributed by atoms with Crippen LogP contribution >= 0.6 is 0 Å². The molecule has 3 saturated heterocycles. The van der Waals surface area contributed by atoms with Gasteiger partial charge in [0.2, 0.25) is 0 Å². The lowest BCUT2D eigenvalue weighted by atomic mass is 9.72. The summed E-state index contributed by atoms with van der Waals surface area (Å²) < 4.78 is 40.7. The number of methoxy groups -OCH3 is 1. The Bertz CT molecular complexity index is 1210. The first-order chi connectivity index (χ1) is 24.8. The standard InChI is InChI=1S/C35H56O17/c1-46-26-8-16(2-5-21(26)38)3-7-28(42)48-14-35(45)15-49-34(32(35)44)52-31-29(43)24(41)13-47-33(31)51-27-12-19-22(39)10-18(36)11-25(19)50-30(27)17-4-6-20(37)23(40)9-17/h3,7,16-27,29-34,36-41,43-45H,2,4-6,8-15H2,1H3. The number of hydrogen-bond acceptors (Lipinski definition) is 17. The van der Waals surface area contributed by atoms with E-state index in [2.05, 4.69) is 0 Å². The fraction of sp³-hybridized carbons (Fsp3) is 0.914. The number of aliphatic hydroxyl groups excluding tert-OH is 8. The molecule has 3 aliphatic heterocycles. The molecular formula is C35H56O17. The Kier molecular flexibility index (Phi) is 13.3. The second-order valence-electron chi connectivity index (χ2n) is 15.6. The molecule has 19 atom stereocenters. The van der Waals surface area contributed by atoms with Crippen molar-refractivity contribution >= 4 is 5.97 Å². The molecule has 3 aliphatic carbocycles. The maximum Gasteiger partial charge on any atom is 0.330 e. The van der Waals surface area contributed by atoms with Crippen LogP contribution in [0.3, 0.4) is 0 Å². The van der Waals surface area contributed by atoms with Crippen LogP contribution in [-0.2, 0) is 38.0 Å². The van der Waals surface area contributed by atoms with E-state index in [1.807, 2.05) is 0 Å². The molecular weight excluding hydrogens is 692 g/mol. The van der Waals surface area contributed by atoms with E-state index in [1.54, 1.807) is 6.08 Å². The maximum atomic E-state index is 12.5. The number of allylic oxidation sites excluding steroid dienone is 1. The minimum absolute atomic E-state index is 0.0171. The van der Waals surface area contributed by atoms with Crippen LogP contribution in [0, 0.1) is 17.8 Å². The van der Waals surface area contributed by atoms with Gasteiger partial charge in [0.05, 0.1) is 68.1 Å². The van der Waals surface area contributed by atoms with Gasteiger partial charge in [-0.2, -0.15) is 0 Å². The number of carbonyl (C=O) groups excluding carboxylic acids is 1. The van der Waals surface area contributed by atoms with Crippen molar-refractivity contribution < 1.29 is 83.9 Å². The minimum atomic E-state index is -2.08.